The van der Waals surface area contributed by atoms with Crippen LogP contribution in [0.15, 0.2) is 12.2 Å². The van der Waals surface area contributed by atoms with Gasteiger partial charge in [0.2, 0.25) is 6.41 Å². The highest BCUT2D eigenvalue weighted by atomic mass is 16.6. The van der Waals surface area contributed by atoms with Crippen LogP contribution < -0.4 is 5.32 Å². The summed E-state index contributed by atoms with van der Waals surface area (Å²) in [6.07, 6.45) is 11.3. The lowest BCUT2D eigenvalue weighted by Gasteiger charge is -2.37. The fourth-order valence-corrected chi connectivity index (χ4v) is 3.48. The van der Waals surface area contributed by atoms with Gasteiger partial charge >= 0.3 is 11.9 Å². The standard InChI is InChI=1S/C22H37NO5/c1-5-7-9-11-13-18-19(28-21(18)25)14-17(12-10-8-6-2)27-22(26)20(16(3)4)23-15-24/h6,8,15-20H,5,7,9-14H2,1-4H3,(H,23,24)/t17-,18-,19-,20-/m0/s1. The summed E-state index contributed by atoms with van der Waals surface area (Å²) >= 11 is 0. The molecule has 6 heteroatoms. The van der Waals surface area contributed by atoms with Gasteiger partial charge < -0.3 is 14.8 Å². The number of hydrogen-bond donors (Lipinski definition) is 1. The van der Waals surface area contributed by atoms with Crippen LogP contribution in [0.4, 0.5) is 0 Å². The quantitative estimate of drug-likeness (QED) is 0.197. The lowest BCUT2D eigenvalue weighted by atomic mass is 9.86. The molecule has 0 saturated carbocycles. The molecule has 0 unspecified atom stereocenters. The van der Waals surface area contributed by atoms with Gasteiger partial charge in [0.25, 0.3) is 0 Å². The number of ether oxygens (including phenoxy) is 2. The Morgan fingerprint density at radius 3 is 2.61 bits per heavy atom. The Hall–Kier alpha value is -1.85. The number of allylic oxidation sites excluding steroid dienone is 2. The minimum Gasteiger partial charge on any atom is -0.461 e. The Balaban J connectivity index is 2.66. The first kappa shape index (κ1) is 24.2. The van der Waals surface area contributed by atoms with E-state index >= 15 is 0 Å². The Kier molecular flexibility index (Phi) is 11.5. The maximum atomic E-state index is 12.5. The van der Waals surface area contributed by atoms with Gasteiger partial charge in [-0.15, -0.1) is 0 Å². The van der Waals surface area contributed by atoms with Gasteiger partial charge in [0.1, 0.15) is 18.2 Å². The van der Waals surface area contributed by atoms with Crippen LogP contribution in [0.25, 0.3) is 0 Å². The van der Waals surface area contributed by atoms with Gasteiger partial charge in [-0.05, 0) is 32.1 Å². The molecule has 1 saturated heterocycles. The Morgan fingerprint density at radius 1 is 1.29 bits per heavy atom. The van der Waals surface area contributed by atoms with E-state index in [0.29, 0.717) is 19.3 Å². The highest BCUT2D eigenvalue weighted by molar-refractivity contribution is 5.79. The first-order chi connectivity index (χ1) is 13.4. The van der Waals surface area contributed by atoms with Gasteiger partial charge in [0.05, 0.1) is 5.92 Å². The van der Waals surface area contributed by atoms with Crippen LogP contribution in [0.5, 0.6) is 0 Å². The van der Waals surface area contributed by atoms with E-state index in [1.54, 1.807) is 0 Å². The zero-order valence-corrected chi connectivity index (χ0v) is 17.8. The predicted molar refractivity (Wildman–Crippen MR) is 108 cm³/mol. The molecule has 0 aromatic heterocycles. The number of carbonyl (C=O) groups excluding carboxylic acids is 3. The summed E-state index contributed by atoms with van der Waals surface area (Å²) in [5, 5.41) is 2.54. The zero-order valence-electron chi connectivity index (χ0n) is 17.8. The van der Waals surface area contributed by atoms with E-state index in [-0.39, 0.29) is 30.0 Å². The molecule has 4 atom stereocenters. The summed E-state index contributed by atoms with van der Waals surface area (Å²) in [5.74, 6) is -0.726. The molecule has 1 rings (SSSR count). The highest BCUT2D eigenvalue weighted by Gasteiger charge is 2.43. The Labute approximate surface area is 169 Å². The van der Waals surface area contributed by atoms with Crippen molar-refractivity contribution in [3.8, 4) is 0 Å². The first-order valence-corrected chi connectivity index (χ1v) is 10.7. The molecule has 1 heterocycles. The summed E-state index contributed by atoms with van der Waals surface area (Å²) in [6.45, 7) is 7.83. The van der Waals surface area contributed by atoms with Gasteiger partial charge in [0.15, 0.2) is 0 Å². The van der Waals surface area contributed by atoms with Gasteiger partial charge in [-0.25, -0.2) is 4.79 Å². The average Bonchev–Trinajstić information content (AvgIpc) is 2.65. The zero-order chi connectivity index (χ0) is 20.9. The molecule has 0 aromatic rings. The van der Waals surface area contributed by atoms with Gasteiger partial charge in [-0.2, -0.15) is 0 Å². The molecule has 1 fully saturated rings. The third kappa shape index (κ3) is 8.03. The summed E-state index contributed by atoms with van der Waals surface area (Å²) < 4.78 is 11.1. The molecule has 0 radical (unpaired) electrons. The van der Waals surface area contributed by atoms with E-state index < -0.39 is 12.0 Å². The third-order valence-electron chi connectivity index (χ3n) is 5.22. The van der Waals surface area contributed by atoms with E-state index in [9.17, 15) is 14.4 Å². The average molecular weight is 396 g/mol. The van der Waals surface area contributed by atoms with Gasteiger partial charge in [-0.1, -0.05) is 58.6 Å². The van der Waals surface area contributed by atoms with Gasteiger partial charge in [0, 0.05) is 6.42 Å². The minimum atomic E-state index is -0.671. The van der Waals surface area contributed by atoms with Crippen LogP contribution in [0.2, 0.25) is 0 Å². The van der Waals surface area contributed by atoms with Crippen molar-refractivity contribution in [2.75, 3.05) is 0 Å². The summed E-state index contributed by atoms with van der Waals surface area (Å²) in [5.41, 5.74) is 0. The van der Waals surface area contributed by atoms with Crippen molar-refractivity contribution >= 4 is 18.3 Å². The molecule has 0 spiro atoms. The second kappa shape index (κ2) is 13.3. The van der Waals surface area contributed by atoms with E-state index in [2.05, 4.69) is 12.2 Å². The molecule has 6 nitrogen and oxygen atoms in total. The van der Waals surface area contributed by atoms with Crippen LogP contribution in [0, 0.1) is 11.8 Å². The largest absolute Gasteiger partial charge is 0.461 e. The molecule has 160 valence electrons. The van der Waals surface area contributed by atoms with Crippen molar-refractivity contribution in [2.24, 2.45) is 11.8 Å². The Bertz CT molecular complexity index is 517. The molecule has 28 heavy (non-hydrogen) atoms. The van der Waals surface area contributed by atoms with E-state index in [0.717, 1.165) is 32.1 Å². The van der Waals surface area contributed by atoms with Crippen molar-refractivity contribution in [3.05, 3.63) is 12.2 Å². The van der Waals surface area contributed by atoms with Crippen molar-refractivity contribution in [1.29, 1.82) is 0 Å². The molecule has 1 aliphatic heterocycles. The molecular weight excluding hydrogens is 358 g/mol. The van der Waals surface area contributed by atoms with Crippen LogP contribution in [0.1, 0.15) is 79.1 Å². The maximum Gasteiger partial charge on any atom is 0.329 e. The van der Waals surface area contributed by atoms with Crippen molar-refractivity contribution in [1.82, 2.24) is 5.32 Å². The van der Waals surface area contributed by atoms with Crippen molar-refractivity contribution in [3.63, 3.8) is 0 Å². The SMILES string of the molecule is CC=CCC[C@@H](C[C@@H]1OC(=O)[C@H]1CCCCCC)OC(=O)[C@@H](NC=O)C(C)C. The number of cyclic esters (lactones) is 1. The lowest BCUT2D eigenvalue weighted by molar-refractivity contribution is -0.190. The number of nitrogens with one attached hydrogen (secondary N) is 1. The number of rotatable bonds is 15. The predicted octanol–water partition coefficient (Wildman–Crippen LogP) is 3.93. The van der Waals surface area contributed by atoms with Crippen LogP contribution in [-0.4, -0.2) is 36.6 Å². The smallest absolute Gasteiger partial charge is 0.329 e. The van der Waals surface area contributed by atoms with E-state index in [1.807, 2.05) is 32.9 Å². The normalized spacial score (nSPS) is 21.1. The molecule has 1 amide bonds. The molecule has 0 aromatic carbocycles. The van der Waals surface area contributed by atoms with Crippen molar-refractivity contribution in [2.45, 2.75) is 97.3 Å². The fraction of sp³-hybridized carbons (Fsp3) is 0.773. The summed E-state index contributed by atoms with van der Waals surface area (Å²) in [7, 11) is 0. The molecule has 0 aliphatic carbocycles. The number of amides is 1. The topological polar surface area (TPSA) is 81.7 Å². The van der Waals surface area contributed by atoms with Crippen LogP contribution in [0.3, 0.4) is 0 Å². The first-order valence-electron chi connectivity index (χ1n) is 10.7. The second-order valence-corrected chi connectivity index (χ2v) is 7.88. The highest BCUT2D eigenvalue weighted by Crippen LogP contribution is 2.32. The van der Waals surface area contributed by atoms with Crippen LogP contribution in [-0.2, 0) is 23.9 Å². The summed E-state index contributed by atoms with van der Waals surface area (Å²) in [4.78, 5) is 35.2. The monoisotopic (exact) mass is 395 g/mol. The third-order valence-corrected chi connectivity index (χ3v) is 5.22. The minimum absolute atomic E-state index is 0.0678. The molecule has 0 bridgehead atoms. The molecule has 1 N–H and O–H groups in total. The molecular formula is C22H37NO5. The van der Waals surface area contributed by atoms with Gasteiger partial charge in [-0.3, -0.25) is 9.59 Å². The number of carbonyl (C=O) groups is 3. The fourth-order valence-electron chi connectivity index (χ4n) is 3.48. The maximum absolute atomic E-state index is 12.5. The van der Waals surface area contributed by atoms with E-state index in [1.165, 1.54) is 6.42 Å². The number of hydrogen-bond acceptors (Lipinski definition) is 5. The number of esters is 2. The summed E-state index contributed by atoms with van der Waals surface area (Å²) in [6, 6.07) is -0.671. The molecule has 1 aliphatic rings. The number of unbranched alkanes of at least 4 members (excludes halogenated alkanes) is 3. The van der Waals surface area contributed by atoms with Crippen molar-refractivity contribution < 1.29 is 23.9 Å². The van der Waals surface area contributed by atoms with E-state index in [4.69, 9.17) is 9.47 Å². The lowest BCUT2D eigenvalue weighted by Crippen LogP contribution is -2.48. The Morgan fingerprint density at radius 2 is 2.04 bits per heavy atom. The second-order valence-electron chi connectivity index (χ2n) is 7.88. The van der Waals surface area contributed by atoms with Crippen LogP contribution >= 0.6 is 0 Å².